The summed E-state index contributed by atoms with van der Waals surface area (Å²) in [7, 11) is 0. The molecule has 0 saturated heterocycles. The van der Waals surface area contributed by atoms with Gasteiger partial charge in [-0.15, -0.1) is 0 Å². The molecule has 1 aliphatic rings. The topological polar surface area (TPSA) is 93.6 Å². The number of carboxylic acids is 1. The molecule has 1 aromatic heterocycles. The summed E-state index contributed by atoms with van der Waals surface area (Å²) in [5.41, 5.74) is -0.500. The first-order valence-corrected chi connectivity index (χ1v) is 4.50. The summed E-state index contributed by atoms with van der Waals surface area (Å²) in [4.78, 5) is 20.3. The van der Waals surface area contributed by atoms with E-state index in [1.807, 2.05) is 0 Å². The van der Waals surface area contributed by atoms with Gasteiger partial charge in [-0.25, -0.2) is 0 Å². The largest absolute Gasteiger partial charge is 0.481 e. The van der Waals surface area contributed by atoms with E-state index in [-0.39, 0.29) is 12.3 Å². The van der Waals surface area contributed by atoms with E-state index in [1.54, 1.807) is 0 Å². The summed E-state index contributed by atoms with van der Waals surface area (Å²) in [5, 5.41) is 19.1. The molecule has 80 valence electrons. The Hall–Kier alpha value is -1.85. The molecule has 6 nitrogen and oxygen atoms in total. The van der Waals surface area contributed by atoms with Gasteiger partial charge in [0.15, 0.2) is 0 Å². The van der Waals surface area contributed by atoms with Crippen LogP contribution < -0.4 is 0 Å². The molecule has 0 bridgehead atoms. The molecule has 0 spiro atoms. The van der Waals surface area contributed by atoms with Crippen LogP contribution in [0.1, 0.15) is 25.0 Å². The number of furan rings is 1. The Bertz CT molecular complexity index is 418. The molecule has 2 rings (SSSR count). The van der Waals surface area contributed by atoms with Gasteiger partial charge in [-0.2, -0.15) is 0 Å². The lowest BCUT2D eigenvalue weighted by Gasteiger charge is -2.06. The van der Waals surface area contributed by atoms with Crippen molar-refractivity contribution in [2.24, 2.45) is 0 Å². The first-order valence-electron chi connectivity index (χ1n) is 4.50. The van der Waals surface area contributed by atoms with Crippen LogP contribution in [0, 0.1) is 10.1 Å². The fraction of sp³-hybridized carbons (Fsp3) is 0.444. The molecular formula is C9H9NO5. The van der Waals surface area contributed by atoms with E-state index in [1.165, 1.54) is 12.1 Å². The van der Waals surface area contributed by atoms with E-state index in [0.29, 0.717) is 18.6 Å². The molecule has 0 radical (unpaired) electrons. The zero-order chi connectivity index (χ0) is 11.1. The van der Waals surface area contributed by atoms with Crippen LogP contribution in [0.3, 0.4) is 0 Å². The average Bonchev–Trinajstić information content (AvgIpc) is 2.75. The van der Waals surface area contributed by atoms with Crippen LogP contribution in [0.25, 0.3) is 0 Å². The van der Waals surface area contributed by atoms with Gasteiger partial charge in [0.05, 0.1) is 12.5 Å². The van der Waals surface area contributed by atoms with Gasteiger partial charge >= 0.3 is 11.9 Å². The normalized spacial score (nSPS) is 17.3. The summed E-state index contributed by atoms with van der Waals surface area (Å²) in [6.45, 7) is 0. The van der Waals surface area contributed by atoms with Crippen molar-refractivity contribution in [2.45, 2.75) is 24.7 Å². The van der Waals surface area contributed by atoms with E-state index < -0.39 is 16.3 Å². The van der Waals surface area contributed by atoms with Crippen molar-refractivity contribution < 1.29 is 19.2 Å². The molecule has 0 aromatic carbocycles. The monoisotopic (exact) mass is 211 g/mol. The summed E-state index contributed by atoms with van der Waals surface area (Å²) in [6.07, 6.45) is 1.39. The van der Waals surface area contributed by atoms with Crippen molar-refractivity contribution in [3.63, 3.8) is 0 Å². The highest BCUT2D eigenvalue weighted by molar-refractivity contribution is 5.69. The SMILES string of the molecule is O=C(O)CC1(c2ccc([N+](=O)[O-])o2)CC1. The predicted molar refractivity (Wildman–Crippen MR) is 48.5 cm³/mol. The summed E-state index contributed by atoms with van der Waals surface area (Å²) in [5.74, 6) is -0.829. The fourth-order valence-corrected chi connectivity index (χ4v) is 1.66. The zero-order valence-corrected chi connectivity index (χ0v) is 7.80. The Balaban J connectivity index is 2.22. The molecule has 6 heteroatoms. The molecular weight excluding hydrogens is 202 g/mol. The van der Waals surface area contributed by atoms with E-state index in [2.05, 4.69) is 0 Å². The van der Waals surface area contributed by atoms with E-state index in [0.717, 1.165) is 0 Å². The highest BCUT2D eigenvalue weighted by Gasteiger charge is 2.49. The maximum atomic E-state index is 10.6. The molecule has 15 heavy (non-hydrogen) atoms. The zero-order valence-electron chi connectivity index (χ0n) is 7.80. The first kappa shape index (κ1) is 9.70. The number of nitro groups is 1. The highest BCUT2D eigenvalue weighted by atomic mass is 16.6. The van der Waals surface area contributed by atoms with Gasteiger partial charge in [0.1, 0.15) is 10.7 Å². The number of aliphatic carboxylic acids is 1. The van der Waals surface area contributed by atoms with E-state index in [9.17, 15) is 14.9 Å². The number of rotatable bonds is 4. The van der Waals surface area contributed by atoms with Crippen LogP contribution in [-0.2, 0) is 10.2 Å². The Morgan fingerprint density at radius 3 is 2.67 bits per heavy atom. The molecule has 1 aromatic rings. The predicted octanol–water partition coefficient (Wildman–Crippen LogP) is 1.69. The molecule has 1 fully saturated rings. The number of hydrogen-bond donors (Lipinski definition) is 1. The number of carboxylic acid groups (broad SMARTS) is 1. The van der Waals surface area contributed by atoms with Crippen LogP contribution in [0.15, 0.2) is 16.5 Å². The number of nitrogens with zero attached hydrogens (tertiary/aromatic N) is 1. The third kappa shape index (κ3) is 1.70. The summed E-state index contributed by atoms with van der Waals surface area (Å²) in [6, 6.07) is 2.76. The quantitative estimate of drug-likeness (QED) is 0.604. The van der Waals surface area contributed by atoms with Crippen LogP contribution in [0.5, 0.6) is 0 Å². The third-order valence-electron chi connectivity index (χ3n) is 2.64. The van der Waals surface area contributed by atoms with Gasteiger partial charge < -0.3 is 9.52 Å². The molecule has 0 unspecified atom stereocenters. The summed E-state index contributed by atoms with van der Waals surface area (Å²) < 4.78 is 5.01. The minimum atomic E-state index is -0.911. The highest BCUT2D eigenvalue weighted by Crippen LogP contribution is 2.51. The first-order chi connectivity index (χ1) is 7.03. The van der Waals surface area contributed by atoms with Gasteiger partial charge in [-0.05, 0) is 18.9 Å². The van der Waals surface area contributed by atoms with E-state index in [4.69, 9.17) is 9.52 Å². The number of carbonyl (C=O) groups is 1. The maximum absolute atomic E-state index is 10.6. The van der Waals surface area contributed by atoms with Crippen molar-refractivity contribution in [3.05, 3.63) is 28.0 Å². The molecule has 1 saturated carbocycles. The van der Waals surface area contributed by atoms with Gasteiger partial charge in [-0.1, -0.05) is 0 Å². The minimum absolute atomic E-state index is 0.0301. The van der Waals surface area contributed by atoms with Crippen molar-refractivity contribution in [3.8, 4) is 0 Å². The third-order valence-corrected chi connectivity index (χ3v) is 2.64. The Labute approximate surface area is 84.7 Å². The van der Waals surface area contributed by atoms with Crippen LogP contribution >= 0.6 is 0 Å². The lowest BCUT2D eigenvalue weighted by atomic mass is 10.00. The maximum Gasteiger partial charge on any atom is 0.433 e. The Morgan fingerprint density at radius 1 is 1.60 bits per heavy atom. The van der Waals surface area contributed by atoms with Crippen molar-refractivity contribution >= 4 is 11.9 Å². The van der Waals surface area contributed by atoms with Gasteiger partial charge in [0.2, 0.25) is 0 Å². The molecule has 1 heterocycles. The minimum Gasteiger partial charge on any atom is -0.481 e. The van der Waals surface area contributed by atoms with Crippen molar-refractivity contribution in [1.82, 2.24) is 0 Å². The lowest BCUT2D eigenvalue weighted by molar-refractivity contribution is -0.402. The number of hydrogen-bond acceptors (Lipinski definition) is 4. The lowest BCUT2D eigenvalue weighted by Crippen LogP contribution is -2.11. The van der Waals surface area contributed by atoms with Crippen molar-refractivity contribution in [1.29, 1.82) is 0 Å². The molecule has 1 N–H and O–H groups in total. The Kier molecular flexibility index (Phi) is 1.99. The van der Waals surface area contributed by atoms with Crippen LogP contribution in [-0.4, -0.2) is 16.0 Å². The standard InChI is InChI=1S/C9H9NO5/c11-8(12)5-9(3-4-9)6-1-2-7(15-6)10(13)14/h1-2H,3-5H2,(H,11,12). The molecule has 0 aliphatic heterocycles. The second kappa shape index (κ2) is 3.08. The van der Waals surface area contributed by atoms with Crippen LogP contribution in [0.2, 0.25) is 0 Å². The Morgan fingerprint density at radius 2 is 2.27 bits per heavy atom. The van der Waals surface area contributed by atoms with Gasteiger partial charge in [-0.3, -0.25) is 14.9 Å². The van der Waals surface area contributed by atoms with Gasteiger partial charge in [0.25, 0.3) is 0 Å². The average molecular weight is 211 g/mol. The smallest absolute Gasteiger partial charge is 0.433 e. The van der Waals surface area contributed by atoms with Gasteiger partial charge in [0, 0.05) is 5.41 Å². The molecule has 1 aliphatic carbocycles. The van der Waals surface area contributed by atoms with E-state index >= 15 is 0 Å². The molecule has 0 amide bonds. The second-order valence-electron chi connectivity index (χ2n) is 3.75. The summed E-state index contributed by atoms with van der Waals surface area (Å²) >= 11 is 0. The van der Waals surface area contributed by atoms with Crippen molar-refractivity contribution in [2.75, 3.05) is 0 Å². The molecule has 0 atom stereocenters. The van der Waals surface area contributed by atoms with Crippen LogP contribution in [0.4, 0.5) is 5.88 Å². The second-order valence-corrected chi connectivity index (χ2v) is 3.75. The fourth-order valence-electron chi connectivity index (χ4n) is 1.66.